The van der Waals surface area contributed by atoms with Gasteiger partial charge in [-0.05, 0) is 62.8 Å². The minimum Gasteiger partial charge on any atom is -0.309 e. The second kappa shape index (κ2) is 8.14. The second-order valence-electron chi connectivity index (χ2n) is 3.60. The van der Waals surface area contributed by atoms with E-state index in [0.29, 0.717) is 6.04 Å². The number of rotatable bonds is 7. The number of thioether (sulfide) groups is 1. The normalized spacial score (nSPS) is 13.0. The summed E-state index contributed by atoms with van der Waals surface area (Å²) in [4.78, 5) is 1.37. The van der Waals surface area contributed by atoms with Gasteiger partial charge in [0.15, 0.2) is 0 Å². The molecule has 0 saturated heterocycles. The highest BCUT2D eigenvalue weighted by atomic mass is 79.9. The maximum absolute atomic E-state index is 3.55. The van der Waals surface area contributed by atoms with E-state index in [1.807, 2.05) is 11.8 Å². The van der Waals surface area contributed by atoms with Crippen molar-refractivity contribution in [3.63, 3.8) is 0 Å². The first-order chi connectivity index (χ1) is 7.63. The van der Waals surface area contributed by atoms with Crippen molar-refractivity contribution in [2.75, 3.05) is 11.5 Å². The van der Waals surface area contributed by atoms with Crippen molar-refractivity contribution in [2.45, 2.75) is 32.9 Å². The molecule has 16 heavy (non-hydrogen) atoms. The molecule has 0 spiro atoms. The van der Waals surface area contributed by atoms with Gasteiger partial charge in [0.25, 0.3) is 0 Å². The molecule has 0 radical (unpaired) electrons. The maximum atomic E-state index is 3.55. The SMILES string of the molecule is CCSCCC(C)NCc1cc(Br)c(Br)s1. The molecule has 1 aromatic rings. The third kappa shape index (κ3) is 5.54. The number of hydrogen-bond donors (Lipinski definition) is 1. The van der Waals surface area contributed by atoms with E-state index in [1.165, 1.54) is 26.6 Å². The Bertz CT molecular complexity index is 295. The van der Waals surface area contributed by atoms with Crippen molar-refractivity contribution in [2.24, 2.45) is 0 Å². The van der Waals surface area contributed by atoms with E-state index in [-0.39, 0.29) is 0 Å². The van der Waals surface area contributed by atoms with E-state index in [4.69, 9.17) is 0 Å². The van der Waals surface area contributed by atoms with Gasteiger partial charge in [-0.25, -0.2) is 0 Å². The molecule has 1 N–H and O–H groups in total. The molecular weight excluding hydrogens is 370 g/mol. The summed E-state index contributed by atoms with van der Waals surface area (Å²) in [6.07, 6.45) is 1.24. The van der Waals surface area contributed by atoms with Gasteiger partial charge in [0, 0.05) is 21.9 Å². The molecule has 0 bridgehead atoms. The van der Waals surface area contributed by atoms with E-state index in [0.717, 1.165) is 11.0 Å². The highest BCUT2D eigenvalue weighted by molar-refractivity contribution is 9.13. The summed E-state index contributed by atoms with van der Waals surface area (Å²) in [7, 11) is 0. The molecule has 1 nitrogen and oxygen atoms in total. The van der Waals surface area contributed by atoms with Gasteiger partial charge in [-0.1, -0.05) is 6.92 Å². The first-order valence-electron chi connectivity index (χ1n) is 5.38. The van der Waals surface area contributed by atoms with Crippen molar-refractivity contribution in [3.05, 3.63) is 19.2 Å². The van der Waals surface area contributed by atoms with Gasteiger partial charge in [-0.3, -0.25) is 0 Å². The monoisotopic (exact) mass is 385 g/mol. The van der Waals surface area contributed by atoms with E-state index in [2.05, 4.69) is 57.1 Å². The number of halogens is 2. The van der Waals surface area contributed by atoms with E-state index < -0.39 is 0 Å². The van der Waals surface area contributed by atoms with Crippen LogP contribution < -0.4 is 5.32 Å². The molecule has 0 amide bonds. The van der Waals surface area contributed by atoms with Crippen LogP contribution >= 0.6 is 55.0 Å². The Morgan fingerprint density at radius 1 is 1.50 bits per heavy atom. The third-order valence-corrected chi connectivity index (χ3v) is 6.41. The Morgan fingerprint density at radius 3 is 2.81 bits per heavy atom. The van der Waals surface area contributed by atoms with Gasteiger partial charge in [0.05, 0.1) is 3.79 Å². The first-order valence-corrected chi connectivity index (χ1v) is 8.94. The average molecular weight is 387 g/mol. The molecule has 92 valence electrons. The quantitative estimate of drug-likeness (QED) is 0.669. The fourth-order valence-electron chi connectivity index (χ4n) is 1.26. The molecule has 1 atom stereocenters. The van der Waals surface area contributed by atoms with Gasteiger partial charge < -0.3 is 5.32 Å². The van der Waals surface area contributed by atoms with Gasteiger partial charge in [-0.15, -0.1) is 11.3 Å². The summed E-state index contributed by atoms with van der Waals surface area (Å²) >= 11 is 10.8. The van der Waals surface area contributed by atoms with Crippen molar-refractivity contribution >= 4 is 55.0 Å². The number of thiophene rings is 1. The molecule has 1 heterocycles. The summed E-state index contributed by atoms with van der Waals surface area (Å²) in [6.45, 7) is 5.43. The smallest absolute Gasteiger partial charge is 0.0843 e. The summed E-state index contributed by atoms with van der Waals surface area (Å²) in [5.74, 6) is 2.47. The largest absolute Gasteiger partial charge is 0.309 e. The highest BCUT2D eigenvalue weighted by Crippen LogP contribution is 2.32. The molecule has 0 aliphatic carbocycles. The van der Waals surface area contributed by atoms with Crippen molar-refractivity contribution in [1.29, 1.82) is 0 Å². The van der Waals surface area contributed by atoms with Crippen LogP contribution in [0.5, 0.6) is 0 Å². The molecule has 5 heteroatoms. The lowest BCUT2D eigenvalue weighted by Gasteiger charge is -2.12. The van der Waals surface area contributed by atoms with Crippen LogP contribution in [0.4, 0.5) is 0 Å². The van der Waals surface area contributed by atoms with Crippen LogP contribution in [-0.2, 0) is 6.54 Å². The minimum absolute atomic E-state index is 0.596. The molecule has 1 unspecified atom stereocenters. The summed E-state index contributed by atoms with van der Waals surface area (Å²) < 4.78 is 2.34. The maximum Gasteiger partial charge on any atom is 0.0843 e. The Morgan fingerprint density at radius 2 is 2.25 bits per heavy atom. The molecular formula is C11H17Br2NS2. The van der Waals surface area contributed by atoms with Crippen LogP contribution in [0.3, 0.4) is 0 Å². The van der Waals surface area contributed by atoms with Gasteiger partial charge in [0.2, 0.25) is 0 Å². The van der Waals surface area contributed by atoms with Crippen LogP contribution in [0.15, 0.2) is 14.3 Å². The van der Waals surface area contributed by atoms with Crippen molar-refractivity contribution < 1.29 is 0 Å². The van der Waals surface area contributed by atoms with Gasteiger partial charge in [-0.2, -0.15) is 11.8 Å². The molecule has 1 rings (SSSR count). The van der Waals surface area contributed by atoms with Crippen LogP contribution in [-0.4, -0.2) is 17.5 Å². The number of hydrogen-bond acceptors (Lipinski definition) is 3. The fourth-order valence-corrected chi connectivity index (χ4v) is 4.20. The van der Waals surface area contributed by atoms with Crippen molar-refractivity contribution in [1.82, 2.24) is 5.32 Å². The molecule has 0 saturated carbocycles. The van der Waals surface area contributed by atoms with Gasteiger partial charge in [0.1, 0.15) is 0 Å². The highest BCUT2D eigenvalue weighted by Gasteiger charge is 2.06. The van der Waals surface area contributed by atoms with Crippen LogP contribution in [0.1, 0.15) is 25.1 Å². The van der Waals surface area contributed by atoms with E-state index >= 15 is 0 Å². The standard InChI is InChI=1S/C11H17Br2NS2/c1-3-15-5-4-8(2)14-7-9-6-10(12)11(13)16-9/h6,8,14H,3-5,7H2,1-2H3. The Balaban J connectivity index is 2.23. The molecule has 1 aromatic heterocycles. The molecule has 0 fully saturated rings. The topological polar surface area (TPSA) is 12.0 Å². The molecule has 0 aliphatic heterocycles. The van der Waals surface area contributed by atoms with E-state index in [9.17, 15) is 0 Å². The lowest BCUT2D eigenvalue weighted by Crippen LogP contribution is -2.25. The first kappa shape index (κ1) is 15.0. The fraction of sp³-hybridized carbons (Fsp3) is 0.636. The lowest BCUT2D eigenvalue weighted by molar-refractivity contribution is 0.540. The summed E-state index contributed by atoms with van der Waals surface area (Å²) in [5, 5.41) is 3.55. The zero-order valence-corrected chi connectivity index (χ0v) is 14.4. The van der Waals surface area contributed by atoms with Gasteiger partial charge >= 0.3 is 0 Å². The predicted octanol–water partition coefficient (Wildman–Crippen LogP) is 4.89. The molecule has 0 aromatic carbocycles. The zero-order chi connectivity index (χ0) is 12.0. The Kier molecular flexibility index (Phi) is 7.64. The third-order valence-electron chi connectivity index (χ3n) is 2.22. The lowest BCUT2D eigenvalue weighted by atomic mass is 10.2. The molecule has 0 aliphatic rings. The minimum atomic E-state index is 0.596. The summed E-state index contributed by atoms with van der Waals surface area (Å²) in [6, 6.07) is 2.77. The predicted molar refractivity (Wildman–Crippen MR) is 83.6 cm³/mol. The summed E-state index contributed by atoms with van der Waals surface area (Å²) in [5.41, 5.74) is 0. The van der Waals surface area contributed by atoms with Crippen LogP contribution in [0.25, 0.3) is 0 Å². The van der Waals surface area contributed by atoms with Crippen molar-refractivity contribution in [3.8, 4) is 0 Å². The zero-order valence-electron chi connectivity index (χ0n) is 9.56. The average Bonchev–Trinajstić information content (AvgIpc) is 2.56. The van der Waals surface area contributed by atoms with Crippen LogP contribution in [0.2, 0.25) is 0 Å². The Hall–Kier alpha value is 0.970. The van der Waals surface area contributed by atoms with E-state index in [1.54, 1.807) is 11.3 Å². The second-order valence-corrected chi connectivity index (χ2v) is 8.30. The van der Waals surface area contributed by atoms with Crippen LogP contribution in [0, 0.1) is 0 Å². The Labute approximate surface area is 123 Å². The number of nitrogens with one attached hydrogen (secondary N) is 1.